The van der Waals surface area contributed by atoms with E-state index >= 15 is 0 Å². The van der Waals surface area contributed by atoms with Gasteiger partial charge in [0, 0.05) is 30.0 Å². The lowest BCUT2D eigenvalue weighted by Gasteiger charge is -2.11. The zero-order valence-electron chi connectivity index (χ0n) is 19.6. The highest BCUT2D eigenvalue weighted by Gasteiger charge is 2.67. The molecule has 3 aromatic rings. The summed E-state index contributed by atoms with van der Waals surface area (Å²) in [5.74, 6) is -6.35. The molecule has 0 heterocycles. The maximum absolute atomic E-state index is 14.8. The van der Waals surface area contributed by atoms with Gasteiger partial charge in [0.2, 0.25) is 5.91 Å². The van der Waals surface area contributed by atoms with Crippen LogP contribution in [0.1, 0.15) is 39.9 Å². The summed E-state index contributed by atoms with van der Waals surface area (Å²) in [6.07, 6.45) is -1.08. The SMILES string of the molecule is CC(=O)Cc1ccc(F)c(CC(=O)c2cc(NC(=O)[C@H]3[C@H](c4ccc(Cl)c(Cl)c4)C3(Cl)Cl)ccc2F)c1F. The molecule has 0 unspecified atom stereocenters. The molecule has 4 nitrogen and oxygen atoms in total. The van der Waals surface area contributed by atoms with Crippen molar-refractivity contribution in [3.05, 3.63) is 98.3 Å². The summed E-state index contributed by atoms with van der Waals surface area (Å²) < 4.78 is 42.2. The van der Waals surface area contributed by atoms with Crippen molar-refractivity contribution < 1.29 is 27.6 Å². The van der Waals surface area contributed by atoms with Crippen molar-refractivity contribution in [2.24, 2.45) is 5.92 Å². The van der Waals surface area contributed by atoms with Crippen LogP contribution in [0.25, 0.3) is 0 Å². The highest BCUT2D eigenvalue weighted by Crippen LogP contribution is 2.65. The Labute approximate surface area is 236 Å². The van der Waals surface area contributed by atoms with E-state index in [1.54, 1.807) is 18.2 Å². The first-order valence-electron chi connectivity index (χ1n) is 11.2. The zero-order valence-corrected chi connectivity index (χ0v) is 22.6. The molecular formula is C27H18Cl4F3NO3. The number of hydrogen-bond donors (Lipinski definition) is 1. The van der Waals surface area contributed by atoms with Crippen molar-refractivity contribution in [1.29, 1.82) is 0 Å². The van der Waals surface area contributed by atoms with Crippen LogP contribution in [0.5, 0.6) is 0 Å². The second-order valence-corrected chi connectivity index (χ2v) is 11.2. The summed E-state index contributed by atoms with van der Waals surface area (Å²) in [6.45, 7) is 1.25. The molecule has 0 radical (unpaired) electrons. The normalized spacial score (nSPS) is 17.7. The van der Waals surface area contributed by atoms with E-state index in [1.165, 1.54) is 13.0 Å². The van der Waals surface area contributed by atoms with Gasteiger partial charge in [0.25, 0.3) is 0 Å². The van der Waals surface area contributed by atoms with Gasteiger partial charge in [-0.3, -0.25) is 14.4 Å². The van der Waals surface area contributed by atoms with Gasteiger partial charge >= 0.3 is 0 Å². The van der Waals surface area contributed by atoms with Crippen molar-refractivity contribution in [3.8, 4) is 0 Å². The molecule has 0 bridgehead atoms. The van der Waals surface area contributed by atoms with E-state index in [1.807, 2.05) is 0 Å². The number of amides is 1. The molecule has 11 heteroatoms. The summed E-state index contributed by atoms with van der Waals surface area (Å²) >= 11 is 24.7. The maximum Gasteiger partial charge on any atom is 0.231 e. The fourth-order valence-electron chi connectivity index (χ4n) is 4.28. The van der Waals surface area contributed by atoms with Crippen LogP contribution in [0.2, 0.25) is 10.0 Å². The number of rotatable bonds is 8. The number of benzene rings is 3. The minimum absolute atomic E-state index is 0.0509. The number of halogens is 7. The van der Waals surface area contributed by atoms with Crippen LogP contribution in [-0.4, -0.2) is 21.8 Å². The largest absolute Gasteiger partial charge is 0.326 e. The van der Waals surface area contributed by atoms with Crippen molar-refractivity contribution in [2.45, 2.75) is 30.0 Å². The van der Waals surface area contributed by atoms with Crippen LogP contribution < -0.4 is 5.32 Å². The number of Topliss-reactive ketones (excluding diaryl/α,β-unsaturated/α-hetero) is 2. The van der Waals surface area contributed by atoms with Gasteiger partial charge in [0.1, 0.15) is 27.6 Å². The number of carbonyl (C=O) groups is 3. The molecule has 3 aromatic carbocycles. The average molecular weight is 603 g/mol. The molecule has 1 N–H and O–H groups in total. The topological polar surface area (TPSA) is 63.2 Å². The van der Waals surface area contributed by atoms with E-state index in [-0.39, 0.29) is 28.5 Å². The number of carbonyl (C=O) groups excluding carboxylic acids is 3. The summed E-state index contributed by atoms with van der Waals surface area (Å²) in [5.41, 5.74) is -0.502. The lowest BCUT2D eigenvalue weighted by Crippen LogP contribution is -2.18. The van der Waals surface area contributed by atoms with Gasteiger partial charge in [-0.15, -0.1) is 23.2 Å². The maximum atomic E-state index is 14.8. The molecule has 4 rings (SSSR count). The highest BCUT2D eigenvalue weighted by molar-refractivity contribution is 6.53. The molecule has 1 fully saturated rings. The van der Waals surface area contributed by atoms with Crippen LogP contribution >= 0.6 is 46.4 Å². The molecule has 0 spiro atoms. The van der Waals surface area contributed by atoms with Crippen molar-refractivity contribution >= 4 is 69.6 Å². The average Bonchev–Trinajstić information content (AvgIpc) is 3.43. The Morgan fingerprint density at radius 1 is 0.895 bits per heavy atom. The lowest BCUT2D eigenvalue weighted by atomic mass is 9.97. The van der Waals surface area contributed by atoms with Gasteiger partial charge in [0.05, 0.1) is 21.5 Å². The number of anilines is 1. The number of hydrogen-bond acceptors (Lipinski definition) is 3. The third-order valence-corrected chi connectivity index (χ3v) is 7.90. The molecule has 1 saturated carbocycles. The minimum atomic E-state index is -1.44. The van der Waals surface area contributed by atoms with Gasteiger partial charge < -0.3 is 5.32 Å². The Kier molecular flexibility index (Phi) is 8.15. The van der Waals surface area contributed by atoms with Crippen LogP contribution in [0, 0.1) is 23.4 Å². The van der Waals surface area contributed by atoms with Crippen molar-refractivity contribution in [2.75, 3.05) is 5.32 Å². The molecule has 1 amide bonds. The quantitative estimate of drug-likeness (QED) is 0.215. The third-order valence-electron chi connectivity index (χ3n) is 6.22. The monoisotopic (exact) mass is 601 g/mol. The van der Waals surface area contributed by atoms with Gasteiger partial charge in [-0.25, -0.2) is 13.2 Å². The molecule has 0 aromatic heterocycles. The van der Waals surface area contributed by atoms with Crippen LogP contribution in [0.4, 0.5) is 18.9 Å². The third kappa shape index (κ3) is 5.71. The van der Waals surface area contributed by atoms with E-state index < -0.39 is 62.9 Å². The van der Waals surface area contributed by atoms with E-state index in [4.69, 9.17) is 46.4 Å². The summed E-state index contributed by atoms with van der Waals surface area (Å²) in [7, 11) is 0. The van der Waals surface area contributed by atoms with Gasteiger partial charge in [-0.2, -0.15) is 0 Å². The molecule has 0 aliphatic heterocycles. The Bertz CT molecular complexity index is 1480. The lowest BCUT2D eigenvalue weighted by molar-refractivity contribution is -0.117. The first kappa shape index (κ1) is 28.4. The number of nitrogens with one attached hydrogen (secondary N) is 1. The zero-order chi connectivity index (χ0) is 27.9. The Hall–Kier alpha value is -2.58. The highest BCUT2D eigenvalue weighted by atomic mass is 35.5. The van der Waals surface area contributed by atoms with Crippen LogP contribution in [0.3, 0.4) is 0 Å². The predicted octanol–water partition coefficient (Wildman–Crippen LogP) is 7.49. The number of alkyl halides is 2. The van der Waals surface area contributed by atoms with E-state index in [2.05, 4.69) is 5.32 Å². The first-order valence-corrected chi connectivity index (χ1v) is 12.7. The van der Waals surface area contributed by atoms with Crippen LogP contribution in [0.15, 0.2) is 48.5 Å². The second kappa shape index (κ2) is 10.9. The summed E-state index contributed by atoms with van der Waals surface area (Å²) in [4.78, 5) is 37.1. The van der Waals surface area contributed by atoms with Crippen LogP contribution in [-0.2, 0) is 22.4 Å². The standard InChI is InChI=1S/C27H18Cl4F3NO3/c1-12(36)8-14-3-6-21(33)17(25(14)34)11-22(37)16-10-15(4-7-20(16)32)35-26(38)24-23(27(24,30)31)13-2-5-18(28)19(29)9-13/h2-7,9-10,23-24H,8,11H2,1H3,(H,35,38)/t23-,24+/m0/s1. The Morgan fingerprint density at radius 2 is 1.58 bits per heavy atom. The smallest absolute Gasteiger partial charge is 0.231 e. The molecular weight excluding hydrogens is 585 g/mol. The predicted molar refractivity (Wildman–Crippen MR) is 141 cm³/mol. The van der Waals surface area contributed by atoms with Crippen molar-refractivity contribution in [3.63, 3.8) is 0 Å². The fraction of sp³-hybridized carbons (Fsp3) is 0.222. The molecule has 198 valence electrons. The fourth-order valence-corrected chi connectivity index (χ4v) is 5.41. The minimum Gasteiger partial charge on any atom is -0.326 e. The van der Waals surface area contributed by atoms with E-state index in [9.17, 15) is 27.6 Å². The van der Waals surface area contributed by atoms with E-state index in [0.717, 1.165) is 24.3 Å². The Balaban J connectivity index is 1.53. The Morgan fingerprint density at radius 3 is 2.24 bits per heavy atom. The van der Waals surface area contributed by atoms with Crippen molar-refractivity contribution in [1.82, 2.24) is 0 Å². The van der Waals surface area contributed by atoms with Gasteiger partial charge in [-0.05, 0) is 54.4 Å². The van der Waals surface area contributed by atoms with E-state index in [0.29, 0.717) is 10.6 Å². The second-order valence-electron chi connectivity index (χ2n) is 8.97. The van der Waals surface area contributed by atoms with Gasteiger partial charge in [-0.1, -0.05) is 35.3 Å². The molecule has 1 aliphatic rings. The molecule has 2 atom stereocenters. The molecule has 0 saturated heterocycles. The summed E-state index contributed by atoms with van der Waals surface area (Å²) in [5, 5.41) is 3.14. The first-order chi connectivity index (χ1) is 17.8. The molecule has 38 heavy (non-hydrogen) atoms. The molecule has 1 aliphatic carbocycles. The number of ketones is 2. The van der Waals surface area contributed by atoms with Gasteiger partial charge in [0.15, 0.2) is 5.78 Å². The summed E-state index contributed by atoms with van der Waals surface area (Å²) in [6, 6.07) is 10.0.